The molecule has 2 aromatic carbocycles. The van der Waals surface area contributed by atoms with E-state index in [0.717, 1.165) is 36.5 Å². The lowest BCUT2D eigenvalue weighted by Crippen LogP contribution is -2.37. The summed E-state index contributed by atoms with van der Waals surface area (Å²) in [5, 5.41) is 3.29. The second-order valence-corrected chi connectivity index (χ2v) is 7.41. The SMILES string of the molecule is O=C(CN1C(=O)c2ccccc2C1=O)Nc1ccc(N2CCCCC2)c(Cl)c1. The Labute approximate surface area is 168 Å². The second-order valence-electron chi connectivity index (χ2n) is 7.00. The molecule has 0 atom stereocenters. The van der Waals surface area contributed by atoms with E-state index in [0.29, 0.717) is 21.8 Å². The molecule has 2 aliphatic heterocycles. The minimum absolute atomic E-state index is 0.328. The monoisotopic (exact) mass is 397 g/mol. The fourth-order valence-electron chi connectivity index (χ4n) is 3.70. The Hall–Kier alpha value is -2.86. The number of rotatable bonds is 4. The van der Waals surface area contributed by atoms with Gasteiger partial charge in [0.2, 0.25) is 5.91 Å². The van der Waals surface area contributed by atoms with Crippen LogP contribution in [-0.4, -0.2) is 42.3 Å². The molecule has 0 unspecified atom stereocenters. The standard InChI is InChI=1S/C21H20ClN3O3/c22-17-12-14(8-9-18(17)24-10-4-1-5-11-24)23-19(26)13-25-20(27)15-6-2-3-7-16(15)21(25)28/h2-3,6-9,12H,1,4-5,10-11,13H2,(H,23,26). The van der Waals surface area contributed by atoms with Gasteiger partial charge in [-0.3, -0.25) is 19.3 Å². The average Bonchev–Trinajstić information content (AvgIpc) is 2.94. The first-order chi connectivity index (χ1) is 13.5. The fraction of sp³-hybridized carbons (Fsp3) is 0.286. The number of halogens is 1. The van der Waals surface area contributed by atoms with Gasteiger partial charge in [-0.05, 0) is 49.6 Å². The number of anilines is 2. The predicted octanol–water partition coefficient (Wildman–Crippen LogP) is 3.57. The normalized spacial score (nSPS) is 16.3. The quantitative estimate of drug-likeness (QED) is 0.801. The van der Waals surface area contributed by atoms with E-state index >= 15 is 0 Å². The number of carbonyl (C=O) groups is 3. The zero-order valence-corrected chi connectivity index (χ0v) is 16.0. The number of benzene rings is 2. The molecule has 2 heterocycles. The molecule has 0 saturated carbocycles. The highest BCUT2D eigenvalue weighted by Gasteiger charge is 2.36. The van der Waals surface area contributed by atoms with Crippen molar-refractivity contribution in [3.8, 4) is 0 Å². The summed E-state index contributed by atoms with van der Waals surface area (Å²) >= 11 is 6.41. The van der Waals surface area contributed by atoms with E-state index in [4.69, 9.17) is 11.6 Å². The molecule has 1 fully saturated rings. The minimum atomic E-state index is -0.450. The van der Waals surface area contributed by atoms with Gasteiger partial charge < -0.3 is 10.2 Å². The predicted molar refractivity (Wildman–Crippen MR) is 108 cm³/mol. The zero-order chi connectivity index (χ0) is 19.7. The highest BCUT2D eigenvalue weighted by atomic mass is 35.5. The molecule has 0 radical (unpaired) electrons. The van der Waals surface area contributed by atoms with Crippen LogP contribution in [0.1, 0.15) is 40.0 Å². The summed E-state index contributed by atoms with van der Waals surface area (Å²) in [6.07, 6.45) is 3.53. The van der Waals surface area contributed by atoms with Gasteiger partial charge in [-0.15, -0.1) is 0 Å². The van der Waals surface area contributed by atoms with Crippen molar-refractivity contribution >= 4 is 40.7 Å². The van der Waals surface area contributed by atoms with Crippen molar-refractivity contribution in [3.63, 3.8) is 0 Å². The molecule has 1 saturated heterocycles. The average molecular weight is 398 g/mol. The van der Waals surface area contributed by atoms with Crippen LogP contribution in [0.25, 0.3) is 0 Å². The summed E-state index contributed by atoms with van der Waals surface area (Å²) in [4.78, 5) is 40.3. The fourth-order valence-corrected chi connectivity index (χ4v) is 4.00. The van der Waals surface area contributed by atoms with Crippen molar-refractivity contribution in [2.24, 2.45) is 0 Å². The Morgan fingerprint density at radius 1 is 0.964 bits per heavy atom. The topological polar surface area (TPSA) is 69.7 Å². The lowest BCUT2D eigenvalue weighted by atomic mass is 10.1. The molecule has 144 valence electrons. The molecule has 2 aromatic rings. The van der Waals surface area contributed by atoms with Crippen molar-refractivity contribution in [1.29, 1.82) is 0 Å². The molecular formula is C21H20ClN3O3. The molecule has 28 heavy (non-hydrogen) atoms. The van der Waals surface area contributed by atoms with Crippen LogP contribution in [0.15, 0.2) is 42.5 Å². The Morgan fingerprint density at radius 3 is 2.21 bits per heavy atom. The van der Waals surface area contributed by atoms with E-state index < -0.39 is 17.7 Å². The number of piperidine rings is 1. The van der Waals surface area contributed by atoms with Crippen molar-refractivity contribution < 1.29 is 14.4 Å². The molecule has 4 rings (SSSR count). The maximum atomic E-state index is 12.4. The lowest BCUT2D eigenvalue weighted by molar-refractivity contribution is -0.116. The Bertz CT molecular complexity index is 919. The van der Waals surface area contributed by atoms with E-state index in [1.807, 2.05) is 6.07 Å². The summed E-state index contributed by atoms with van der Waals surface area (Å²) in [5.41, 5.74) is 2.15. The third-order valence-corrected chi connectivity index (χ3v) is 5.41. The minimum Gasteiger partial charge on any atom is -0.370 e. The summed E-state index contributed by atoms with van der Waals surface area (Å²) < 4.78 is 0. The molecule has 1 N–H and O–H groups in total. The molecular weight excluding hydrogens is 378 g/mol. The van der Waals surface area contributed by atoms with Gasteiger partial charge in [0.05, 0.1) is 21.8 Å². The van der Waals surface area contributed by atoms with Gasteiger partial charge in [0, 0.05) is 18.8 Å². The Kier molecular flexibility index (Phi) is 5.05. The first-order valence-electron chi connectivity index (χ1n) is 9.34. The third kappa shape index (κ3) is 3.47. The van der Waals surface area contributed by atoms with Crippen LogP contribution in [0.4, 0.5) is 11.4 Å². The van der Waals surface area contributed by atoms with Crippen molar-refractivity contribution in [3.05, 3.63) is 58.6 Å². The summed E-state index contributed by atoms with van der Waals surface area (Å²) in [6, 6.07) is 11.9. The van der Waals surface area contributed by atoms with Crippen molar-refractivity contribution in [2.75, 3.05) is 29.9 Å². The third-order valence-electron chi connectivity index (χ3n) is 5.11. The number of amides is 3. The molecule has 2 aliphatic rings. The first kappa shape index (κ1) is 18.5. The number of nitrogens with zero attached hydrogens (tertiary/aromatic N) is 2. The number of hydrogen-bond acceptors (Lipinski definition) is 4. The van der Waals surface area contributed by atoms with Crippen molar-refractivity contribution in [2.45, 2.75) is 19.3 Å². The van der Waals surface area contributed by atoms with Gasteiger partial charge in [0.1, 0.15) is 6.54 Å². The summed E-state index contributed by atoms with van der Waals surface area (Å²) in [6.45, 7) is 1.62. The highest BCUT2D eigenvalue weighted by molar-refractivity contribution is 6.33. The molecule has 0 spiro atoms. The number of fused-ring (bicyclic) bond motifs is 1. The van der Waals surface area contributed by atoms with E-state index in [1.165, 1.54) is 6.42 Å². The number of hydrogen-bond donors (Lipinski definition) is 1. The van der Waals surface area contributed by atoms with Crippen LogP contribution < -0.4 is 10.2 Å². The number of carbonyl (C=O) groups excluding carboxylic acids is 3. The maximum Gasteiger partial charge on any atom is 0.262 e. The molecule has 0 aromatic heterocycles. The largest absolute Gasteiger partial charge is 0.370 e. The molecule has 7 heteroatoms. The van der Waals surface area contributed by atoms with Gasteiger partial charge in [-0.1, -0.05) is 23.7 Å². The van der Waals surface area contributed by atoms with Crippen LogP contribution >= 0.6 is 11.6 Å². The number of nitrogens with one attached hydrogen (secondary N) is 1. The highest BCUT2D eigenvalue weighted by Crippen LogP contribution is 2.31. The van der Waals surface area contributed by atoms with Crippen LogP contribution in [-0.2, 0) is 4.79 Å². The first-order valence-corrected chi connectivity index (χ1v) is 9.72. The van der Waals surface area contributed by atoms with E-state index in [9.17, 15) is 14.4 Å². The van der Waals surface area contributed by atoms with E-state index in [1.54, 1.807) is 36.4 Å². The molecule has 3 amide bonds. The molecule has 0 bridgehead atoms. The molecule has 0 aliphatic carbocycles. The van der Waals surface area contributed by atoms with Gasteiger partial charge in [-0.25, -0.2) is 0 Å². The van der Waals surface area contributed by atoms with Crippen LogP contribution in [0, 0.1) is 0 Å². The number of imide groups is 1. The Morgan fingerprint density at radius 2 is 1.61 bits per heavy atom. The van der Waals surface area contributed by atoms with Gasteiger partial charge >= 0.3 is 0 Å². The summed E-state index contributed by atoms with van der Waals surface area (Å²) in [7, 11) is 0. The Balaban J connectivity index is 1.42. The van der Waals surface area contributed by atoms with E-state index in [2.05, 4.69) is 10.2 Å². The summed E-state index contributed by atoms with van der Waals surface area (Å²) in [5.74, 6) is -1.35. The maximum absolute atomic E-state index is 12.4. The smallest absolute Gasteiger partial charge is 0.262 e. The van der Waals surface area contributed by atoms with Crippen LogP contribution in [0.5, 0.6) is 0 Å². The van der Waals surface area contributed by atoms with Gasteiger partial charge in [0.15, 0.2) is 0 Å². The van der Waals surface area contributed by atoms with Crippen molar-refractivity contribution in [1.82, 2.24) is 4.90 Å². The van der Waals surface area contributed by atoms with Gasteiger partial charge in [0.25, 0.3) is 11.8 Å². The zero-order valence-electron chi connectivity index (χ0n) is 15.3. The van der Waals surface area contributed by atoms with Crippen LogP contribution in [0.3, 0.4) is 0 Å². The van der Waals surface area contributed by atoms with Crippen LogP contribution in [0.2, 0.25) is 5.02 Å². The lowest BCUT2D eigenvalue weighted by Gasteiger charge is -2.29. The van der Waals surface area contributed by atoms with Gasteiger partial charge in [-0.2, -0.15) is 0 Å². The second kappa shape index (κ2) is 7.64. The molecule has 6 nitrogen and oxygen atoms in total. The van der Waals surface area contributed by atoms with E-state index in [-0.39, 0.29) is 6.54 Å².